The molecule has 4 heterocycles. The van der Waals surface area contributed by atoms with Gasteiger partial charge < -0.3 is 24.4 Å². The molecule has 1 spiro atoms. The van der Waals surface area contributed by atoms with Gasteiger partial charge in [0.25, 0.3) is 0 Å². The van der Waals surface area contributed by atoms with E-state index in [0.717, 1.165) is 0 Å². The van der Waals surface area contributed by atoms with Crippen molar-refractivity contribution in [2.24, 2.45) is 17.8 Å². The summed E-state index contributed by atoms with van der Waals surface area (Å²) in [4.78, 5) is 43.8. The Kier molecular flexibility index (Phi) is 5.72. The summed E-state index contributed by atoms with van der Waals surface area (Å²) < 4.78 is 11.8. The maximum Gasteiger partial charge on any atom is 0.313 e. The molecule has 4 rings (SSSR count). The molecule has 4 aliphatic rings. The molecule has 8 heteroatoms. The van der Waals surface area contributed by atoms with Crippen molar-refractivity contribution in [1.29, 1.82) is 0 Å². The van der Waals surface area contributed by atoms with Crippen LogP contribution in [0.3, 0.4) is 0 Å². The SMILES string of the molecule is CC(C)C[C@H](CO)N1C(=O)[C@@H]2[C@@H]3C(=O)OCC=C[C@@H]3O[C@@]23C=CCN(C(C)C)C(=O)C13. The molecule has 0 aromatic carbocycles. The number of aliphatic hydroxyl groups is 1. The third-order valence-corrected chi connectivity index (χ3v) is 6.85. The Hall–Kier alpha value is -2.19. The molecule has 2 saturated heterocycles. The molecule has 2 fully saturated rings. The molecule has 0 aromatic rings. The van der Waals surface area contributed by atoms with E-state index in [2.05, 4.69) is 0 Å². The highest BCUT2D eigenvalue weighted by Crippen LogP contribution is 2.54. The highest BCUT2D eigenvalue weighted by molar-refractivity contribution is 5.99. The summed E-state index contributed by atoms with van der Waals surface area (Å²) in [5.74, 6) is -2.51. The van der Waals surface area contributed by atoms with Crippen LogP contribution in [0.1, 0.15) is 34.1 Å². The number of fused-ring (bicyclic) bond motifs is 2. The van der Waals surface area contributed by atoms with Crippen molar-refractivity contribution < 1.29 is 29.0 Å². The Bertz CT molecular complexity index is 821. The van der Waals surface area contributed by atoms with Crippen LogP contribution in [0.2, 0.25) is 0 Å². The van der Waals surface area contributed by atoms with Crippen molar-refractivity contribution in [2.75, 3.05) is 19.8 Å². The molecule has 8 nitrogen and oxygen atoms in total. The van der Waals surface area contributed by atoms with Gasteiger partial charge in [-0.25, -0.2) is 0 Å². The van der Waals surface area contributed by atoms with Crippen molar-refractivity contribution in [2.45, 2.75) is 63.9 Å². The van der Waals surface area contributed by atoms with E-state index in [1.807, 2.05) is 33.8 Å². The number of aliphatic hydroxyl groups excluding tert-OH is 1. The molecule has 1 unspecified atom stereocenters. The first-order chi connectivity index (χ1) is 14.7. The van der Waals surface area contributed by atoms with Gasteiger partial charge in [0.2, 0.25) is 11.8 Å². The Morgan fingerprint density at radius 2 is 1.90 bits per heavy atom. The Labute approximate surface area is 182 Å². The van der Waals surface area contributed by atoms with Crippen LogP contribution in [0, 0.1) is 17.8 Å². The van der Waals surface area contributed by atoms with Gasteiger partial charge in [-0.1, -0.05) is 32.1 Å². The van der Waals surface area contributed by atoms with Crippen LogP contribution in [-0.2, 0) is 23.9 Å². The molecule has 4 aliphatic heterocycles. The zero-order valence-electron chi connectivity index (χ0n) is 18.6. The van der Waals surface area contributed by atoms with Gasteiger partial charge in [0.1, 0.15) is 24.2 Å². The number of carbonyl (C=O) groups is 3. The molecular formula is C23H32N2O6. The summed E-state index contributed by atoms with van der Waals surface area (Å²) >= 11 is 0. The third kappa shape index (κ3) is 3.31. The van der Waals surface area contributed by atoms with Crippen LogP contribution in [-0.4, -0.2) is 82.3 Å². The average Bonchev–Trinajstić information content (AvgIpc) is 3.00. The first-order valence-corrected chi connectivity index (χ1v) is 11.1. The maximum atomic E-state index is 13.9. The molecule has 6 atom stereocenters. The lowest BCUT2D eigenvalue weighted by Gasteiger charge is -2.39. The molecule has 170 valence electrons. The maximum absolute atomic E-state index is 13.9. The standard InChI is InChI=1S/C23H32N2O6/c1-13(2)11-15(12-26)25-19-21(28)24(14(3)4)9-6-8-23(19)18(20(25)27)17-16(31-23)7-5-10-30-22(17)29/h5-8,13-19,26H,9-12H2,1-4H3/t15-,16+,17-,18+,19?,23+/m1/s1. The zero-order chi connectivity index (χ0) is 22.5. The van der Waals surface area contributed by atoms with E-state index in [-0.39, 0.29) is 37.0 Å². The molecule has 0 saturated carbocycles. The number of esters is 1. The second-order valence-corrected chi connectivity index (χ2v) is 9.60. The summed E-state index contributed by atoms with van der Waals surface area (Å²) in [6.07, 6.45) is 7.06. The minimum Gasteiger partial charge on any atom is -0.461 e. The molecular weight excluding hydrogens is 400 g/mol. The van der Waals surface area contributed by atoms with E-state index in [0.29, 0.717) is 13.0 Å². The number of rotatable bonds is 5. The second-order valence-electron chi connectivity index (χ2n) is 9.60. The van der Waals surface area contributed by atoms with E-state index in [9.17, 15) is 19.5 Å². The fourth-order valence-electron chi connectivity index (χ4n) is 5.60. The van der Waals surface area contributed by atoms with Gasteiger partial charge in [-0.05, 0) is 32.3 Å². The van der Waals surface area contributed by atoms with Gasteiger partial charge in [-0.3, -0.25) is 14.4 Å². The first kappa shape index (κ1) is 22.0. The van der Waals surface area contributed by atoms with Crippen LogP contribution in [0.15, 0.2) is 24.3 Å². The Balaban J connectivity index is 1.86. The van der Waals surface area contributed by atoms with Crippen LogP contribution < -0.4 is 0 Å². The van der Waals surface area contributed by atoms with Crippen LogP contribution in [0.25, 0.3) is 0 Å². The number of cyclic esters (lactones) is 1. The average molecular weight is 433 g/mol. The van der Waals surface area contributed by atoms with Crippen LogP contribution in [0.4, 0.5) is 0 Å². The largest absolute Gasteiger partial charge is 0.461 e. The summed E-state index contributed by atoms with van der Waals surface area (Å²) in [7, 11) is 0. The number of nitrogens with zero attached hydrogens (tertiary/aromatic N) is 2. The predicted octanol–water partition coefficient (Wildman–Crippen LogP) is 0.894. The number of amides is 2. The molecule has 31 heavy (non-hydrogen) atoms. The molecule has 2 amide bonds. The minimum absolute atomic E-state index is 0.0716. The van der Waals surface area contributed by atoms with Gasteiger partial charge in [-0.2, -0.15) is 0 Å². The van der Waals surface area contributed by atoms with Crippen molar-refractivity contribution >= 4 is 17.8 Å². The van der Waals surface area contributed by atoms with E-state index < -0.39 is 41.6 Å². The highest BCUT2D eigenvalue weighted by atomic mass is 16.6. The van der Waals surface area contributed by atoms with Crippen molar-refractivity contribution in [3.63, 3.8) is 0 Å². The van der Waals surface area contributed by atoms with Crippen LogP contribution in [0.5, 0.6) is 0 Å². The fraction of sp³-hybridized carbons (Fsp3) is 0.696. The number of hydrogen-bond donors (Lipinski definition) is 1. The normalized spacial score (nSPS) is 35.8. The number of carbonyl (C=O) groups excluding carboxylic acids is 3. The van der Waals surface area contributed by atoms with E-state index in [1.165, 1.54) is 4.90 Å². The molecule has 0 aromatic heterocycles. The smallest absolute Gasteiger partial charge is 0.313 e. The second kappa shape index (κ2) is 8.06. The van der Waals surface area contributed by atoms with Crippen molar-refractivity contribution in [1.82, 2.24) is 9.80 Å². The number of likely N-dealkylation sites (tertiary alicyclic amines) is 1. The van der Waals surface area contributed by atoms with Crippen LogP contribution >= 0.6 is 0 Å². The van der Waals surface area contributed by atoms with Gasteiger partial charge in [-0.15, -0.1) is 0 Å². The Morgan fingerprint density at radius 3 is 2.55 bits per heavy atom. The lowest BCUT2D eigenvalue weighted by atomic mass is 9.78. The molecule has 0 aliphatic carbocycles. The summed E-state index contributed by atoms with van der Waals surface area (Å²) in [5, 5.41) is 10.2. The minimum atomic E-state index is -1.27. The lowest BCUT2D eigenvalue weighted by Crippen LogP contribution is -2.59. The predicted molar refractivity (Wildman–Crippen MR) is 112 cm³/mol. The highest BCUT2D eigenvalue weighted by Gasteiger charge is 2.72. The van der Waals surface area contributed by atoms with E-state index >= 15 is 0 Å². The Morgan fingerprint density at radius 1 is 1.16 bits per heavy atom. The lowest BCUT2D eigenvalue weighted by molar-refractivity contribution is -0.155. The van der Waals surface area contributed by atoms with Gasteiger partial charge >= 0.3 is 5.97 Å². The fourth-order valence-corrected chi connectivity index (χ4v) is 5.60. The zero-order valence-corrected chi connectivity index (χ0v) is 18.6. The topological polar surface area (TPSA) is 96.4 Å². The molecule has 1 N–H and O–H groups in total. The van der Waals surface area contributed by atoms with Gasteiger partial charge in [0, 0.05) is 12.6 Å². The molecule has 0 radical (unpaired) electrons. The van der Waals surface area contributed by atoms with Gasteiger partial charge in [0.05, 0.1) is 24.7 Å². The van der Waals surface area contributed by atoms with Crippen molar-refractivity contribution in [3.8, 4) is 0 Å². The number of hydrogen-bond acceptors (Lipinski definition) is 6. The summed E-state index contributed by atoms with van der Waals surface area (Å²) in [5.41, 5.74) is -1.27. The van der Waals surface area contributed by atoms with E-state index in [1.54, 1.807) is 23.1 Å². The summed E-state index contributed by atoms with van der Waals surface area (Å²) in [6.45, 7) is 8.15. The van der Waals surface area contributed by atoms with Gasteiger partial charge in [0.15, 0.2) is 0 Å². The van der Waals surface area contributed by atoms with E-state index in [4.69, 9.17) is 9.47 Å². The third-order valence-electron chi connectivity index (χ3n) is 6.85. The molecule has 0 bridgehead atoms. The monoisotopic (exact) mass is 432 g/mol. The summed E-state index contributed by atoms with van der Waals surface area (Å²) in [6, 6.07) is -1.54. The first-order valence-electron chi connectivity index (χ1n) is 11.1. The quantitative estimate of drug-likeness (QED) is 0.512. The number of ether oxygens (including phenoxy) is 2. The van der Waals surface area contributed by atoms with Crippen molar-refractivity contribution in [3.05, 3.63) is 24.3 Å².